The van der Waals surface area contributed by atoms with Crippen LogP contribution in [0.3, 0.4) is 0 Å². The normalized spacial score (nSPS) is 12.4. The summed E-state index contributed by atoms with van der Waals surface area (Å²) in [6, 6.07) is 11.5. The number of hydrogen-bond donors (Lipinski definition) is 1. The molecular formula is C16H15Br2FIN. The van der Waals surface area contributed by atoms with Crippen molar-refractivity contribution < 1.29 is 4.39 Å². The Balaban J connectivity index is 2.46. The summed E-state index contributed by atoms with van der Waals surface area (Å²) >= 11 is 9.20. The van der Waals surface area contributed by atoms with Crippen molar-refractivity contribution in [2.24, 2.45) is 0 Å². The van der Waals surface area contributed by atoms with E-state index in [1.807, 2.05) is 12.1 Å². The molecule has 0 heterocycles. The molecule has 0 spiro atoms. The van der Waals surface area contributed by atoms with Crippen LogP contribution in [0, 0.1) is 9.39 Å². The van der Waals surface area contributed by atoms with Crippen LogP contribution in [0.25, 0.3) is 0 Å². The van der Waals surface area contributed by atoms with Gasteiger partial charge < -0.3 is 5.32 Å². The Hall–Kier alpha value is 0.0200. The first-order valence-electron chi connectivity index (χ1n) is 6.66. The van der Waals surface area contributed by atoms with Gasteiger partial charge in [-0.3, -0.25) is 0 Å². The Morgan fingerprint density at radius 3 is 2.57 bits per heavy atom. The molecular weight excluding hydrogens is 512 g/mol. The molecule has 1 nitrogen and oxygen atoms in total. The largest absolute Gasteiger partial charge is 0.306 e. The van der Waals surface area contributed by atoms with Crippen LogP contribution in [0.4, 0.5) is 4.39 Å². The van der Waals surface area contributed by atoms with Gasteiger partial charge in [-0.15, -0.1) is 0 Å². The maximum absolute atomic E-state index is 13.5. The fourth-order valence-electron chi connectivity index (χ4n) is 2.12. The Bertz CT molecular complexity index is 634. The molecule has 0 saturated carbocycles. The molecule has 1 unspecified atom stereocenters. The van der Waals surface area contributed by atoms with Crippen LogP contribution in [0.2, 0.25) is 0 Å². The van der Waals surface area contributed by atoms with Crippen LogP contribution >= 0.6 is 54.5 Å². The summed E-state index contributed by atoms with van der Waals surface area (Å²) < 4.78 is 16.2. The topological polar surface area (TPSA) is 12.0 Å². The summed E-state index contributed by atoms with van der Waals surface area (Å²) in [5.41, 5.74) is 2.20. The smallest absolute Gasteiger partial charge is 0.137 e. The van der Waals surface area contributed by atoms with Crippen molar-refractivity contribution in [2.75, 3.05) is 6.54 Å². The van der Waals surface area contributed by atoms with Crippen LogP contribution in [-0.4, -0.2) is 6.54 Å². The van der Waals surface area contributed by atoms with Gasteiger partial charge in [0.1, 0.15) is 5.82 Å². The van der Waals surface area contributed by atoms with Crippen molar-refractivity contribution in [3.63, 3.8) is 0 Å². The summed E-state index contributed by atoms with van der Waals surface area (Å²) in [5.74, 6) is -0.241. The molecule has 112 valence electrons. The molecule has 0 bridgehead atoms. The Kier molecular flexibility index (Phi) is 6.65. The average Bonchev–Trinajstić information content (AvgIpc) is 2.46. The third-order valence-electron chi connectivity index (χ3n) is 3.14. The second kappa shape index (κ2) is 8.04. The van der Waals surface area contributed by atoms with E-state index in [0.717, 1.165) is 28.6 Å². The van der Waals surface area contributed by atoms with Gasteiger partial charge in [-0.25, -0.2) is 4.39 Å². The van der Waals surface area contributed by atoms with Gasteiger partial charge in [0.15, 0.2) is 0 Å². The summed E-state index contributed by atoms with van der Waals surface area (Å²) in [6.45, 7) is 3.03. The standard InChI is InChI=1S/C16H15Br2FIN/c1-2-7-21-16(10-3-6-15(19)14(18)8-10)12-9-11(20)4-5-13(12)17/h3-6,8-9,16,21H,2,7H2,1H3. The zero-order valence-electron chi connectivity index (χ0n) is 11.5. The van der Waals surface area contributed by atoms with E-state index in [9.17, 15) is 4.39 Å². The van der Waals surface area contributed by atoms with Crippen molar-refractivity contribution in [1.29, 1.82) is 0 Å². The maximum Gasteiger partial charge on any atom is 0.137 e. The third kappa shape index (κ3) is 4.50. The molecule has 0 amide bonds. The minimum Gasteiger partial charge on any atom is -0.306 e. The van der Waals surface area contributed by atoms with E-state index < -0.39 is 0 Å². The second-order valence-electron chi connectivity index (χ2n) is 4.73. The van der Waals surface area contributed by atoms with Crippen LogP contribution in [0.1, 0.15) is 30.5 Å². The molecule has 0 aromatic heterocycles. The summed E-state index contributed by atoms with van der Waals surface area (Å²) in [4.78, 5) is 0. The van der Waals surface area contributed by atoms with Crippen molar-refractivity contribution in [2.45, 2.75) is 19.4 Å². The van der Waals surface area contributed by atoms with Crippen LogP contribution < -0.4 is 5.32 Å². The highest BCUT2D eigenvalue weighted by Gasteiger charge is 2.17. The molecule has 0 aliphatic rings. The number of nitrogens with one attached hydrogen (secondary N) is 1. The van der Waals surface area contributed by atoms with Gasteiger partial charge in [0.05, 0.1) is 10.5 Å². The summed E-state index contributed by atoms with van der Waals surface area (Å²) in [5, 5.41) is 3.54. The van der Waals surface area contributed by atoms with Gasteiger partial charge >= 0.3 is 0 Å². The van der Waals surface area contributed by atoms with E-state index in [-0.39, 0.29) is 11.9 Å². The SMILES string of the molecule is CCCNC(c1ccc(F)c(Br)c1)c1cc(I)ccc1Br. The zero-order valence-corrected chi connectivity index (χ0v) is 16.8. The predicted octanol–water partition coefficient (Wildman–Crippen LogP) is 6.04. The minimum atomic E-state index is -0.241. The monoisotopic (exact) mass is 525 g/mol. The number of rotatable bonds is 5. The fourth-order valence-corrected chi connectivity index (χ4v) is 3.51. The molecule has 1 atom stereocenters. The molecule has 1 N–H and O–H groups in total. The first-order chi connectivity index (χ1) is 10.0. The Labute approximate surface area is 155 Å². The Morgan fingerprint density at radius 2 is 1.90 bits per heavy atom. The molecule has 2 rings (SSSR count). The highest BCUT2D eigenvalue weighted by Crippen LogP contribution is 2.32. The fraction of sp³-hybridized carbons (Fsp3) is 0.250. The van der Waals surface area contributed by atoms with Crippen molar-refractivity contribution in [3.8, 4) is 0 Å². The van der Waals surface area contributed by atoms with E-state index in [0.29, 0.717) is 4.47 Å². The lowest BCUT2D eigenvalue weighted by molar-refractivity contribution is 0.589. The van der Waals surface area contributed by atoms with Crippen molar-refractivity contribution in [1.82, 2.24) is 5.32 Å². The van der Waals surface area contributed by atoms with E-state index >= 15 is 0 Å². The molecule has 0 radical (unpaired) electrons. The van der Waals surface area contributed by atoms with Gasteiger partial charge in [-0.05, 0) is 92.9 Å². The van der Waals surface area contributed by atoms with Gasteiger partial charge in [0.2, 0.25) is 0 Å². The van der Waals surface area contributed by atoms with Crippen LogP contribution in [0.15, 0.2) is 45.3 Å². The summed E-state index contributed by atoms with van der Waals surface area (Å²) in [7, 11) is 0. The van der Waals surface area contributed by atoms with Gasteiger partial charge in [0, 0.05) is 8.04 Å². The second-order valence-corrected chi connectivity index (χ2v) is 7.68. The van der Waals surface area contributed by atoms with Crippen molar-refractivity contribution >= 4 is 54.5 Å². The van der Waals surface area contributed by atoms with Gasteiger partial charge in [-0.2, -0.15) is 0 Å². The first kappa shape index (κ1) is 17.4. The van der Waals surface area contributed by atoms with Crippen molar-refractivity contribution in [3.05, 3.63) is 65.9 Å². The zero-order chi connectivity index (χ0) is 15.4. The average molecular weight is 527 g/mol. The van der Waals surface area contributed by atoms with E-state index in [2.05, 4.69) is 84.9 Å². The highest BCUT2D eigenvalue weighted by molar-refractivity contribution is 14.1. The molecule has 21 heavy (non-hydrogen) atoms. The molecule has 0 fully saturated rings. The summed E-state index contributed by atoms with van der Waals surface area (Å²) in [6.07, 6.45) is 1.04. The van der Waals surface area contributed by atoms with Gasteiger partial charge in [-0.1, -0.05) is 28.9 Å². The lowest BCUT2D eigenvalue weighted by atomic mass is 9.98. The van der Waals surface area contributed by atoms with Crippen LogP contribution in [-0.2, 0) is 0 Å². The number of halogens is 4. The van der Waals surface area contributed by atoms with E-state index in [1.165, 1.54) is 9.64 Å². The molecule has 2 aromatic rings. The first-order valence-corrected chi connectivity index (χ1v) is 9.32. The minimum absolute atomic E-state index is 0.0333. The third-order valence-corrected chi connectivity index (χ3v) is 5.15. The molecule has 0 saturated heterocycles. The van der Waals surface area contributed by atoms with E-state index in [1.54, 1.807) is 0 Å². The maximum atomic E-state index is 13.5. The quantitative estimate of drug-likeness (QED) is 0.468. The number of hydrogen-bond acceptors (Lipinski definition) is 1. The lowest BCUT2D eigenvalue weighted by Crippen LogP contribution is -2.23. The van der Waals surface area contributed by atoms with Crippen LogP contribution in [0.5, 0.6) is 0 Å². The highest BCUT2D eigenvalue weighted by atomic mass is 127. The molecule has 0 aliphatic heterocycles. The predicted molar refractivity (Wildman–Crippen MR) is 101 cm³/mol. The Morgan fingerprint density at radius 1 is 1.14 bits per heavy atom. The lowest BCUT2D eigenvalue weighted by Gasteiger charge is -2.21. The van der Waals surface area contributed by atoms with Gasteiger partial charge in [0.25, 0.3) is 0 Å². The molecule has 2 aromatic carbocycles. The molecule has 0 aliphatic carbocycles. The molecule has 5 heteroatoms. The number of benzene rings is 2. The van der Waals surface area contributed by atoms with E-state index in [4.69, 9.17) is 0 Å².